The number of rotatable bonds is 6. The van der Waals surface area contributed by atoms with Crippen molar-refractivity contribution in [2.24, 2.45) is 5.92 Å². The summed E-state index contributed by atoms with van der Waals surface area (Å²) < 4.78 is 17.4. The second-order valence-corrected chi connectivity index (χ2v) is 7.08. The van der Waals surface area contributed by atoms with E-state index in [1.807, 2.05) is 55.5 Å². The van der Waals surface area contributed by atoms with Crippen LogP contribution in [-0.2, 0) is 17.6 Å². The van der Waals surface area contributed by atoms with E-state index in [1.54, 1.807) is 6.92 Å². The van der Waals surface area contributed by atoms with Gasteiger partial charge >= 0.3 is 0 Å². The van der Waals surface area contributed by atoms with Crippen LogP contribution in [-0.4, -0.2) is 24.0 Å². The molecule has 3 aromatic rings. The zero-order valence-corrected chi connectivity index (χ0v) is 16.1. The monoisotopic (exact) mass is 377 g/mol. The summed E-state index contributed by atoms with van der Waals surface area (Å²) in [6.07, 6.45) is 1.39. The summed E-state index contributed by atoms with van der Waals surface area (Å²) in [6, 6.07) is 15.7. The van der Waals surface area contributed by atoms with Crippen LogP contribution in [0.15, 0.2) is 52.9 Å². The third kappa shape index (κ3) is 3.93. The van der Waals surface area contributed by atoms with Crippen molar-refractivity contribution in [3.8, 4) is 23.0 Å². The van der Waals surface area contributed by atoms with Crippen LogP contribution >= 0.6 is 0 Å². The molecule has 5 heteroatoms. The molecule has 28 heavy (non-hydrogen) atoms. The minimum absolute atomic E-state index is 0.0479. The Labute approximate surface area is 164 Å². The molecule has 144 valence electrons. The highest BCUT2D eigenvalue weighted by Gasteiger charge is 2.23. The van der Waals surface area contributed by atoms with Crippen LogP contribution in [0, 0.1) is 12.8 Å². The lowest BCUT2D eigenvalue weighted by molar-refractivity contribution is -0.121. The van der Waals surface area contributed by atoms with E-state index in [1.165, 1.54) is 0 Å². The zero-order chi connectivity index (χ0) is 19.5. The van der Waals surface area contributed by atoms with Crippen molar-refractivity contribution in [2.45, 2.75) is 26.7 Å². The SMILES string of the molecule is CC(=O)[C@@H]1COc2cc(OCCc3nc(-c4ccccc4)oc3C)ccc2C1. The Balaban J connectivity index is 1.37. The molecule has 1 atom stereocenters. The van der Waals surface area contributed by atoms with Crippen molar-refractivity contribution in [3.05, 3.63) is 65.5 Å². The summed E-state index contributed by atoms with van der Waals surface area (Å²) in [6.45, 7) is 4.47. The third-order valence-electron chi connectivity index (χ3n) is 5.04. The van der Waals surface area contributed by atoms with Gasteiger partial charge in [-0.15, -0.1) is 0 Å². The Bertz CT molecular complexity index is 978. The number of hydrogen-bond acceptors (Lipinski definition) is 5. The van der Waals surface area contributed by atoms with E-state index >= 15 is 0 Å². The first-order valence-electron chi connectivity index (χ1n) is 9.51. The molecule has 0 amide bonds. The molecule has 0 aliphatic carbocycles. The molecule has 0 radical (unpaired) electrons. The number of ether oxygens (including phenoxy) is 2. The standard InChI is InChI=1S/C23H23NO4/c1-15(25)19-12-18-8-9-20(13-22(18)27-14-19)26-11-10-21-16(2)28-23(24-21)17-6-4-3-5-7-17/h3-9,13,19H,10-12,14H2,1-2H3/t19-/m0/s1. The molecule has 0 unspecified atom stereocenters. The van der Waals surface area contributed by atoms with E-state index in [0.29, 0.717) is 25.5 Å². The summed E-state index contributed by atoms with van der Waals surface area (Å²) in [7, 11) is 0. The lowest BCUT2D eigenvalue weighted by atomic mass is 9.94. The van der Waals surface area contributed by atoms with Gasteiger partial charge in [-0.3, -0.25) is 4.79 Å². The molecule has 2 aromatic carbocycles. The summed E-state index contributed by atoms with van der Waals surface area (Å²) >= 11 is 0. The van der Waals surface area contributed by atoms with Crippen LogP contribution < -0.4 is 9.47 Å². The lowest BCUT2D eigenvalue weighted by Crippen LogP contribution is -2.26. The molecule has 0 saturated carbocycles. The summed E-state index contributed by atoms with van der Waals surface area (Å²) in [5.41, 5.74) is 2.92. The van der Waals surface area contributed by atoms with E-state index in [-0.39, 0.29) is 11.7 Å². The molecule has 5 nitrogen and oxygen atoms in total. The normalized spacial score (nSPS) is 15.6. The van der Waals surface area contributed by atoms with Gasteiger partial charge in [0.15, 0.2) is 0 Å². The topological polar surface area (TPSA) is 61.6 Å². The van der Waals surface area contributed by atoms with Gasteiger partial charge in [0.25, 0.3) is 0 Å². The van der Waals surface area contributed by atoms with Crippen LogP contribution in [0.1, 0.15) is 23.9 Å². The number of Topliss-reactive ketones (excluding diaryl/α,β-unsaturated/α-hetero) is 1. The first kappa shape index (κ1) is 18.3. The van der Waals surface area contributed by atoms with Crippen molar-refractivity contribution in [1.82, 2.24) is 4.98 Å². The average Bonchev–Trinajstić information content (AvgIpc) is 3.09. The Morgan fingerprint density at radius 2 is 2.04 bits per heavy atom. The molecule has 0 saturated heterocycles. The lowest BCUT2D eigenvalue weighted by Gasteiger charge is -2.24. The maximum atomic E-state index is 11.6. The molecule has 4 rings (SSSR count). The smallest absolute Gasteiger partial charge is 0.226 e. The van der Waals surface area contributed by atoms with Crippen molar-refractivity contribution in [1.29, 1.82) is 0 Å². The van der Waals surface area contributed by atoms with Gasteiger partial charge < -0.3 is 13.9 Å². The fourth-order valence-electron chi connectivity index (χ4n) is 3.33. The van der Waals surface area contributed by atoms with Gasteiger partial charge in [-0.1, -0.05) is 24.3 Å². The number of nitrogens with zero attached hydrogens (tertiary/aromatic N) is 1. The van der Waals surface area contributed by atoms with Gasteiger partial charge in [-0.25, -0.2) is 4.98 Å². The van der Waals surface area contributed by atoms with E-state index in [0.717, 1.165) is 40.5 Å². The molecule has 0 spiro atoms. The first-order valence-corrected chi connectivity index (χ1v) is 9.51. The summed E-state index contributed by atoms with van der Waals surface area (Å²) in [4.78, 5) is 16.2. The summed E-state index contributed by atoms with van der Waals surface area (Å²) in [5, 5.41) is 0. The predicted octanol–water partition coefficient (Wildman–Crippen LogP) is 4.41. The van der Waals surface area contributed by atoms with Gasteiger partial charge in [-0.2, -0.15) is 0 Å². The number of oxazole rings is 1. The Morgan fingerprint density at radius 1 is 1.21 bits per heavy atom. The quantitative estimate of drug-likeness (QED) is 0.637. The van der Waals surface area contributed by atoms with Gasteiger partial charge in [-0.05, 0) is 44.0 Å². The highest BCUT2D eigenvalue weighted by atomic mass is 16.5. The van der Waals surface area contributed by atoms with E-state index in [4.69, 9.17) is 13.9 Å². The number of carbonyl (C=O) groups excluding carboxylic acids is 1. The molecule has 0 bridgehead atoms. The maximum absolute atomic E-state index is 11.6. The van der Waals surface area contributed by atoms with E-state index < -0.39 is 0 Å². The van der Waals surface area contributed by atoms with Crippen molar-refractivity contribution >= 4 is 5.78 Å². The van der Waals surface area contributed by atoms with Crippen LogP contribution in [0.3, 0.4) is 0 Å². The number of benzene rings is 2. The zero-order valence-electron chi connectivity index (χ0n) is 16.1. The molecule has 0 fully saturated rings. The van der Waals surface area contributed by atoms with Crippen molar-refractivity contribution in [3.63, 3.8) is 0 Å². The second-order valence-electron chi connectivity index (χ2n) is 7.08. The second kappa shape index (κ2) is 7.89. The number of aromatic nitrogens is 1. The molecule has 1 aliphatic heterocycles. The average molecular weight is 377 g/mol. The minimum Gasteiger partial charge on any atom is -0.493 e. The van der Waals surface area contributed by atoms with Crippen LogP contribution in [0.4, 0.5) is 0 Å². The van der Waals surface area contributed by atoms with Crippen molar-refractivity contribution in [2.75, 3.05) is 13.2 Å². The first-order chi connectivity index (χ1) is 13.6. The molecular weight excluding hydrogens is 354 g/mol. The fourth-order valence-corrected chi connectivity index (χ4v) is 3.33. The highest BCUT2D eigenvalue weighted by Crippen LogP contribution is 2.31. The molecular formula is C23H23NO4. The van der Waals surface area contributed by atoms with Gasteiger partial charge in [0, 0.05) is 18.1 Å². The van der Waals surface area contributed by atoms with Crippen molar-refractivity contribution < 1.29 is 18.7 Å². The maximum Gasteiger partial charge on any atom is 0.226 e. The van der Waals surface area contributed by atoms with Gasteiger partial charge in [0.05, 0.1) is 24.8 Å². The van der Waals surface area contributed by atoms with Crippen LogP contribution in [0.2, 0.25) is 0 Å². The van der Waals surface area contributed by atoms with Gasteiger partial charge in [0.2, 0.25) is 5.89 Å². The Hall–Kier alpha value is -3.08. The van der Waals surface area contributed by atoms with E-state index in [9.17, 15) is 4.79 Å². The Morgan fingerprint density at radius 3 is 2.82 bits per heavy atom. The van der Waals surface area contributed by atoms with Crippen LogP contribution in [0.25, 0.3) is 11.5 Å². The Kier molecular flexibility index (Phi) is 5.15. The third-order valence-corrected chi connectivity index (χ3v) is 5.04. The molecule has 1 aromatic heterocycles. The number of aryl methyl sites for hydroxylation is 1. The van der Waals surface area contributed by atoms with Gasteiger partial charge in [0.1, 0.15) is 23.0 Å². The number of fused-ring (bicyclic) bond motifs is 1. The summed E-state index contributed by atoms with van der Waals surface area (Å²) in [5.74, 6) is 3.13. The molecule has 1 aliphatic rings. The minimum atomic E-state index is -0.0479. The van der Waals surface area contributed by atoms with Crippen LogP contribution in [0.5, 0.6) is 11.5 Å². The molecule has 2 heterocycles. The predicted molar refractivity (Wildman–Crippen MR) is 106 cm³/mol. The number of hydrogen-bond donors (Lipinski definition) is 0. The molecule has 0 N–H and O–H groups in total. The number of ketones is 1. The highest BCUT2D eigenvalue weighted by molar-refractivity contribution is 5.79. The number of carbonyl (C=O) groups is 1. The fraction of sp³-hybridized carbons (Fsp3) is 0.304. The largest absolute Gasteiger partial charge is 0.493 e. The van der Waals surface area contributed by atoms with E-state index in [2.05, 4.69) is 4.98 Å².